The van der Waals surface area contributed by atoms with E-state index in [4.69, 9.17) is 0 Å². The van der Waals surface area contributed by atoms with E-state index in [1.54, 1.807) is 0 Å². The fraction of sp³-hybridized carbons (Fsp3) is 1.00. The lowest BCUT2D eigenvalue weighted by Crippen LogP contribution is -2.67. The van der Waals surface area contributed by atoms with E-state index in [2.05, 4.69) is 4.18 Å². The maximum Gasteiger partial charge on any atom is 0.460 e. The van der Waals surface area contributed by atoms with Crippen LogP contribution in [0.1, 0.15) is 0 Å². The van der Waals surface area contributed by atoms with Crippen molar-refractivity contribution in [3.63, 3.8) is 0 Å². The minimum absolute atomic E-state index is 2.81. The Hall–Kier alpha value is -0.700. The van der Waals surface area contributed by atoms with Crippen LogP contribution in [0.3, 0.4) is 0 Å². The van der Waals surface area contributed by atoms with Gasteiger partial charge in [0.05, 0.1) is 11.4 Å². The molecule has 3 nitrogen and oxygen atoms in total. The van der Waals surface area contributed by atoms with Crippen molar-refractivity contribution in [2.24, 2.45) is 0 Å². The first-order valence-corrected chi connectivity index (χ1v) is 5.22. The molecule has 0 rings (SSSR count). The molecule has 0 amide bonds. The van der Waals surface area contributed by atoms with Gasteiger partial charge in [0.1, 0.15) is 6.61 Å². The van der Waals surface area contributed by atoms with Gasteiger partial charge in [0.15, 0.2) is 0 Å². The number of halogens is 11. The molecule has 128 valence electrons. The second-order valence-corrected chi connectivity index (χ2v) is 4.04. The van der Waals surface area contributed by atoms with Gasteiger partial charge in [-0.05, 0) is 0 Å². The molecule has 0 fully saturated rings. The topological polar surface area (TPSA) is 49.4 Å². The van der Waals surface area contributed by atoms with E-state index >= 15 is 0 Å². The lowest BCUT2D eigenvalue weighted by molar-refractivity contribution is -0.423. The average Bonchev–Trinajstić information content (AvgIpc) is 2.24. The Balaban J connectivity index is 5.71. The highest BCUT2D eigenvalue weighted by Crippen LogP contribution is 2.57. The van der Waals surface area contributed by atoms with Crippen molar-refractivity contribution >= 4 is 11.4 Å². The zero-order valence-corrected chi connectivity index (χ0v) is 9.81. The average molecular weight is 363 g/mol. The number of alkyl halides is 11. The van der Waals surface area contributed by atoms with Crippen LogP contribution in [0.4, 0.5) is 48.3 Å². The maximum absolute atomic E-state index is 12.7. The van der Waals surface area contributed by atoms with E-state index in [1.165, 1.54) is 0 Å². The van der Waals surface area contributed by atoms with Gasteiger partial charge >= 0.3 is 29.9 Å². The Morgan fingerprint density at radius 1 is 0.762 bits per heavy atom. The van der Waals surface area contributed by atoms with Crippen LogP contribution in [0.2, 0.25) is 0 Å². The molecule has 0 saturated heterocycles. The minimum atomic E-state index is -7.57. The van der Waals surface area contributed by atoms with Gasteiger partial charge in [-0.1, -0.05) is 0 Å². The molecule has 15 heteroatoms. The van der Waals surface area contributed by atoms with Crippen molar-refractivity contribution < 1.29 is 61.2 Å². The van der Waals surface area contributed by atoms with E-state index in [0.29, 0.717) is 0 Å². The van der Waals surface area contributed by atoms with Crippen LogP contribution in [0.15, 0.2) is 0 Å². The molecule has 0 N–H and O–H groups in total. The first-order chi connectivity index (χ1) is 8.92. The Morgan fingerprint density at radius 2 is 1.14 bits per heavy atom. The molecule has 0 aromatic heterocycles. The van der Waals surface area contributed by atoms with Gasteiger partial charge in [-0.2, -0.15) is 48.3 Å². The summed E-state index contributed by atoms with van der Waals surface area (Å²) in [6.45, 7) is -3.07. The highest BCUT2D eigenvalue weighted by molar-refractivity contribution is 7.74. The molecule has 0 aromatic carbocycles. The Kier molecular flexibility index (Phi) is 5.31. The molecular formula is C6H2F11O3S-. The second kappa shape index (κ2) is 5.49. The van der Waals surface area contributed by atoms with Crippen LogP contribution in [0.5, 0.6) is 0 Å². The molecule has 0 aliphatic rings. The lowest BCUT2D eigenvalue weighted by atomic mass is 9.98. The van der Waals surface area contributed by atoms with E-state index in [-0.39, 0.29) is 0 Å². The fourth-order valence-corrected chi connectivity index (χ4v) is 1.06. The number of hydrogen-bond acceptors (Lipinski definition) is 3. The Labute approximate surface area is 110 Å². The molecule has 0 aromatic rings. The van der Waals surface area contributed by atoms with Crippen molar-refractivity contribution in [1.29, 1.82) is 0 Å². The molecule has 0 saturated carbocycles. The summed E-state index contributed by atoms with van der Waals surface area (Å²) < 4.78 is 157. The van der Waals surface area contributed by atoms with Crippen LogP contribution < -0.4 is 0 Å². The summed E-state index contributed by atoms with van der Waals surface area (Å²) in [7, 11) is 0. The fourth-order valence-electron chi connectivity index (χ4n) is 0.818. The summed E-state index contributed by atoms with van der Waals surface area (Å²) in [6, 6.07) is 0. The van der Waals surface area contributed by atoms with Crippen LogP contribution in [-0.2, 0) is 15.5 Å². The third kappa shape index (κ3) is 3.39. The molecule has 1 unspecified atom stereocenters. The van der Waals surface area contributed by atoms with Gasteiger partial charge in [0, 0.05) is 0 Å². The van der Waals surface area contributed by atoms with E-state index in [9.17, 15) is 57.1 Å². The third-order valence-electron chi connectivity index (χ3n) is 1.94. The van der Waals surface area contributed by atoms with E-state index < -0.39 is 47.8 Å². The van der Waals surface area contributed by atoms with E-state index in [0.717, 1.165) is 0 Å². The lowest BCUT2D eigenvalue weighted by Gasteiger charge is -2.37. The number of rotatable bonds is 6. The second-order valence-electron chi connectivity index (χ2n) is 3.39. The quantitative estimate of drug-likeness (QED) is 0.539. The zero-order chi connectivity index (χ0) is 17.5. The molecule has 0 aliphatic heterocycles. The summed E-state index contributed by atoms with van der Waals surface area (Å²) in [5.74, 6) is -28.7. The highest BCUT2D eigenvalue weighted by Gasteiger charge is 2.87. The largest absolute Gasteiger partial charge is 0.750 e. The summed E-state index contributed by atoms with van der Waals surface area (Å²) in [6.07, 6.45) is -7.27. The van der Waals surface area contributed by atoms with Gasteiger partial charge in [0.2, 0.25) is 0 Å². The first kappa shape index (κ1) is 20.3. The molecule has 21 heavy (non-hydrogen) atoms. The van der Waals surface area contributed by atoms with E-state index in [1.807, 2.05) is 0 Å². The predicted molar refractivity (Wildman–Crippen MR) is 40.7 cm³/mol. The number of hydrogen-bond donors (Lipinski definition) is 0. The zero-order valence-electron chi connectivity index (χ0n) is 9.00. The SMILES string of the molecule is O=S([O-])OCC(F)(F)C(F)(F)C(F)(F)C(F)(F)C(F)(F)F. The van der Waals surface area contributed by atoms with Crippen LogP contribution in [-0.4, -0.2) is 45.2 Å². The first-order valence-electron chi connectivity index (χ1n) is 4.22. The third-order valence-corrected chi connectivity index (χ3v) is 2.25. The van der Waals surface area contributed by atoms with Gasteiger partial charge in [-0.15, -0.1) is 0 Å². The van der Waals surface area contributed by atoms with Crippen molar-refractivity contribution in [3.8, 4) is 0 Å². The normalized spacial score (nSPS) is 17.0. The van der Waals surface area contributed by atoms with Crippen molar-refractivity contribution in [3.05, 3.63) is 0 Å². The van der Waals surface area contributed by atoms with Crippen LogP contribution in [0.25, 0.3) is 0 Å². The van der Waals surface area contributed by atoms with Gasteiger partial charge < -0.3 is 4.55 Å². The summed E-state index contributed by atoms with van der Waals surface area (Å²) in [5.41, 5.74) is 0. The van der Waals surface area contributed by atoms with Crippen molar-refractivity contribution in [2.75, 3.05) is 6.61 Å². The van der Waals surface area contributed by atoms with Crippen molar-refractivity contribution in [2.45, 2.75) is 29.9 Å². The smallest absolute Gasteiger partial charge is 0.460 e. The predicted octanol–water partition coefficient (Wildman–Crippen LogP) is 2.90. The molecule has 0 radical (unpaired) electrons. The molecule has 1 atom stereocenters. The van der Waals surface area contributed by atoms with Crippen molar-refractivity contribution in [1.82, 2.24) is 0 Å². The van der Waals surface area contributed by atoms with Gasteiger partial charge in [-0.25, -0.2) is 4.21 Å². The Bertz CT molecular complexity index is 403. The minimum Gasteiger partial charge on any atom is -0.750 e. The molecule has 0 aliphatic carbocycles. The molecular weight excluding hydrogens is 361 g/mol. The monoisotopic (exact) mass is 363 g/mol. The summed E-state index contributed by atoms with van der Waals surface area (Å²) in [4.78, 5) is 0. The standard InChI is InChI=1S/C6H3F11O3S/c7-2(8,1-20-21(18)19)3(9,10)4(11,12)5(13,14)6(15,16)17/h1H2,(H,18,19)/p-1. The van der Waals surface area contributed by atoms with Gasteiger partial charge in [-0.3, -0.25) is 4.18 Å². The molecule has 0 spiro atoms. The maximum atomic E-state index is 12.7. The molecule has 0 bridgehead atoms. The Morgan fingerprint density at radius 3 is 1.43 bits per heavy atom. The van der Waals surface area contributed by atoms with Gasteiger partial charge in [0.25, 0.3) is 0 Å². The summed E-state index contributed by atoms with van der Waals surface area (Å²) in [5, 5.41) is 0. The van der Waals surface area contributed by atoms with Crippen LogP contribution >= 0.6 is 0 Å². The molecule has 0 heterocycles. The summed E-state index contributed by atoms with van der Waals surface area (Å²) >= 11 is -3.93. The highest BCUT2D eigenvalue weighted by atomic mass is 32.2. The van der Waals surface area contributed by atoms with Crippen LogP contribution in [0, 0.1) is 0 Å².